The number of aromatic nitrogens is 2. The summed E-state index contributed by atoms with van der Waals surface area (Å²) in [5.41, 5.74) is 9.21. The molecule has 4 aromatic carbocycles. The fourth-order valence-electron chi connectivity index (χ4n) is 6.70. The maximum atomic E-state index is 14.4. The van der Waals surface area contributed by atoms with E-state index in [-0.39, 0.29) is 17.9 Å². The number of hydrogen-bond donors (Lipinski definition) is 2. The van der Waals surface area contributed by atoms with Gasteiger partial charge < -0.3 is 15.0 Å². The molecule has 0 radical (unpaired) electrons. The lowest BCUT2D eigenvalue weighted by molar-refractivity contribution is -0.147. The summed E-state index contributed by atoms with van der Waals surface area (Å²) in [6.07, 6.45) is 4.21. The number of ether oxygens (including phenoxy) is 1. The number of aromatic amines is 1. The number of nitrogens with zero attached hydrogens (tertiary/aromatic N) is 2. The zero-order valence-electron chi connectivity index (χ0n) is 23.4. The number of hydrogen-bond acceptors (Lipinski definition) is 5. The van der Waals surface area contributed by atoms with E-state index in [1.165, 1.54) is 27.8 Å². The summed E-state index contributed by atoms with van der Waals surface area (Å²) >= 11 is 0. The minimum Gasteiger partial charge on any atom is -0.464 e. The highest BCUT2D eigenvalue weighted by Crippen LogP contribution is 2.45. The second kappa shape index (κ2) is 11.7. The summed E-state index contributed by atoms with van der Waals surface area (Å²) in [5.74, 6) is -0.664. The van der Waals surface area contributed by atoms with Crippen LogP contribution < -0.4 is 5.32 Å². The molecule has 5 aromatic rings. The predicted molar refractivity (Wildman–Crippen MR) is 165 cm³/mol. The van der Waals surface area contributed by atoms with Crippen molar-refractivity contribution < 1.29 is 9.53 Å². The Hall–Kier alpha value is -4.68. The van der Waals surface area contributed by atoms with E-state index in [0.717, 1.165) is 36.6 Å². The van der Waals surface area contributed by atoms with Crippen LogP contribution in [-0.4, -0.2) is 46.6 Å². The fourth-order valence-corrected chi connectivity index (χ4v) is 6.70. The Balaban J connectivity index is 1.22. The maximum Gasteiger partial charge on any atom is 0.315 e. The van der Waals surface area contributed by atoms with E-state index in [2.05, 4.69) is 105 Å². The van der Waals surface area contributed by atoms with Crippen LogP contribution in [-0.2, 0) is 22.5 Å². The molecule has 0 fully saturated rings. The average molecular weight is 555 g/mol. The molecule has 0 bridgehead atoms. The molecule has 2 atom stereocenters. The number of H-pyrrole nitrogens is 1. The van der Waals surface area contributed by atoms with Gasteiger partial charge in [0.15, 0.2) is 0 Å². The van der Waals surface area contributed by atoms with Crippen molar-refractivity contribution in [1.82, 2.24) is 14.9 Å². The van der Waals surface area contributed by atoms with E-state index in [1.54, 1.807) is 6.33 Å². The standard InChI is InChI=1S/C36H34N4O2/c41-36(42-23-32-30-15-7-5-13-28(30)29-14-6-8-16-31(29)32)35(25-10-2-1-3-11-25)34(20-27-21-37-24-39-27)40-19-18-38-33-17-9-4-12-26(33)22-40/h1-17,21,24,32,34-35,38H,18-20,22-23H2,(H,37,39). The number of carbonyl (C=O) groups is 1. The van der Waals surface area contributed by atoms with E-state index in [4.69, 9.17) is 4.74 Å². The van der Waals surface area contributed by atoms with Gasteiger partial charge >= 0.3 is 5.97 Å². The zero-order valence-corrected chi connectivity index (χ0v) is 23.4. The largest absolute Gasteiger partial charge is 0.464 e. The van der Waals surface area contributed by atoms with Crippen LogP contribution >= 0.6 is 0 Å². The van der Waals surface area contributed by atoms with E-state index in [1.807, 2.05) is 24.4 Å². The molecule has 2 unspecified atom stereocenters. The molecule has 0 spiro atoms. The maximum absolute atomic E-state index is 14.4. The minimum atomic E-state index is -0.480. The monoisotopic (exact) mass is 554 g/mol. The van der Waals surface area contributed by atoms with E-state index in [9.17, 15) is 4.79 Å². The first-order valence-electron chi connectivity index (χ1n) is 14.7. The molecule has 6 heteroatoms. The van der Waals surface area contributed by atoms with Gasteiger partial charge in [-0.2, -0.15) is 0 Å². The summed E-state index contributed by atoms with van der Waals surface area (Å²) in [6, 6.07) is 35.3. The number of esters is 1. The first-order chi connectivity index (χ1) is 20.8. The van der Waals surface area contributed by atoms with Gasteiger partial charge in [0, 0.05) is 55.6 Å². The minimum absolute atomic E-state index is 0.0121. The van der Waals surface area contributed by atoms with Crippen molar-refractivity contribution >= 4 is 11.7 Å². The molecule has 7 rings (SSSR count). The van der Waals surface area contributed by atoms with Gasteiger partial charge in [0.2, 0.25) is 0 Å². The smallest absolute Gasteiger partial charge is 0.315 e. The van der Waals surface area contributed by atoms with Crippen LogP contribution in [0.2, 0.25) is 0 Å². The first-order valence-corrected chi connectivity index (χ1v) is 14.7. The molecular weight excluding hydrogens is 520 g/mol. The molecule has 1 aromatic heterocycles. The quantitative estimate of drug-likeness (QED) is 0.218. The van der Waals surface area contributed by atoms with E-state index >= 15 is 0 Å². The fraction of sp³-hybridized carbons (Fsp3) is 0.222. The topological polar surface area (TPSA) is 70.2 Å². The van der Waals surface area contributed by atoms with Gasteiger partial charge in [-0.3, -0.25) is 9.69 Å². The van der Waals surface area contributed by atoms with Crippen molar-refractivity contribution in [2.75, 3.05) is 25.0 Å². The predicted octanol–water partition coefficient (Wildman–Crippen LogP) is 6.39. The van der Waals surface area contributed by atoms with Crippen LogP contribution in [0.25, 0.3) is 11.1 Å². The molecule has 2 aliphatic rings. The first kappa shape index (κ1) is 26.2. The van der Waals surface area contributed by atoms with E-state index < -0.39 is 5.92 Å². The molecule has 2 N–H and O–H groups in total. The number of fused-ring (bicyclic) bond motifs is 4. The van der Waals surface area contributed by atoms with Crippen molar-refractivity contribution in [3.05, 3.63) is 144 Å². The van der Waals surface area contributed by atoms with Gasteiger partial charge in [0.25, 0.3) is 0 Å². The van der Waals surface area contributed by atoms with Crippen LogP contribution in [0, 0.1) is 0 Å². The van der Waals surface area contributed by atoms with Crippen LogP contribution in [0.3, 0.4) is 0 Å². The Kier molecular flexibility index (Phi) is 7.29. The van der Waals surface area contributed by atoms with Gasteiger partial charge in [-0.25, -0.2) is 4.98 Å². The number of benzene rings is 4. The number of para-hydroxylation sites is 1. The normalized spacial score (nSPS) is 15.9. The summed E-state index contributed by atoms with van der Waals surface area (Å²) in [4.78, 5) is 24.4. The third-order valence-corrected chi connectivity index (χ3v) is 8.71. The van der Waals surface area contributed by atoms with Gasteiger partial charge in [-0.1, -0.05) is 97.1 Å². The molecule has 2 heterocycles. The second-order valence-electron chi connectivity index (χ2n) is 11.1. The van der Waals surface area contributed by atoms with Crippen LogP contribution in [0.5, 0.6) is 0 Å². The highest BCUT2D eigenvalue weighted by Gasteiger charge is 2.38. The molecule has 0 saturated carbocycles. The summed E-state index contributed by atoms with van der Waals surface area (Å²) in [5, 5.41) is 3.58. The number of rotatable bonds is 8. The molecule has 1 aliphatic carbocycles. The zero-order chi connectivity index (χ0) is 28.3. The number of imidazole rings is 1. The Labute approximate surface area is 246 Å². The average Bonchev–Trinajstić information content (AvgIpc) is 3.60. The molecule has 42 heavy (non-hydrogen) atoms. The number of carbonyl (C=O) groups excluding carboxylic acids is 1. The molecule has 0 saturated heterocycles. The van der Waals surface area contributed by atoms with Gasteiger partial charge in [0.05, 0.1) is 12.2 Å². The van der Waals surface area contributed by atoms with Crippen molar-refractivity contribution in [3.8, 4) is 11.1 Å². The second-order valence-corrected chi connectivity index (χ2v) is 11.1. The third-order valence-electron chi connectivity index (χ3n) is 8.71. The Morgan fingerprint density at radius 1 is 0.881 bits per heavy atom. The third kappa shape index (κ3) is 5.10. The molecular formula is C36H34N4O2. The van der Waals surface area contributed by atoms with Crippen molar-refractivity contribution in [2.24, 2.45) is 0 Å². The molecule has 210 valence electrons. The Morgan fingerprint density at radius 3 is 2.31 bits per heavy atom. The van der Waals surface area contributed by atoms with E-state index in [0.29, 0.717) is 13.0 Å². The van der Waals surface area contributed by atoms with Crippen LogP contribution in [0.15, 0.2) is 116 Å². The Bertz CT molecular complexity index is 1620. The van der Waals surface area contributed by atoms with Crippen LogP contribution in [0.1, 0.15) is 39.8 Å². The van der Waals surface area contributed by atoms with Crippen molar-refractivity contribution in [1.29, 1.82) is 0 Å². The van der Waals surface area contributed by atoms with Gasteiger partial charge in [-0.05, 0) is 39.4 Å². The SMILES string of the molecule is O=C(OCC1c2ccccc2-c2ccccc21)C(c1ccccc1)C(Cc1cnc[nH]1)N1CCNc2ccccc2C1. The summed E-state index contributed by atoms with van der Waals surface area (Å²) in [7, 11) is 0. The molecule has 0 amide bonds. The summed E-state index contributed by atoms with van der Waals surface area (Å²) in [6.45, 7) is 2.63. The van der Waals surface area contributed by atoms with Crippen molar-refractivity contribution in [2.45, 2.75) is 30.8 Å². The Morgan fingerprint density at radius 2 is 1.57 bits per heavy atom. The van der Waals surface area contributed by atoms with Crippen molar-refractivity contribution in [3.63, 3.8) is 0 Å². The highest BCUT2D eigenvalue weighted by atomic mass is 16.5. The molecule has 6 nitrogen and oxygen atoms in total. The van der Waals surface area contributed by atoms with Gasteiger partial charge in [0.1, 0.15) is 6.61 Å². The lowest BCUT2D eigenvalue weighted by Gasteiger charge is -2.35. The number of nitrogens with one attached hydrogen (secondary N) is 2. The van der Waals surface area contributed by atoms with Gasteiger partial charge in [-0.15, -0.1) is 0 Å². The lowest BCUT2D eigenvalue weighted by atomic mass is 9.87. The lowest BCUT2D eigenvalue weighted by Crippen LogP contribution is -2.45. The molecule has 1 aliphatic heterocycles. The van der Waals surface area contributed by atoms with Crippen LogP contribution in [0.4, 0.5) is 5.69 Å². The number of anilines is 1. The highest BCUT2D eigenvalue weighted by molar-refractivity contribution is 5.81. The summed E-state index contributed by atoms with van der Waals surface area (Å²) < 4.78 is 6.34.